The molecule has 2 aliphatic heterocycles. The molecule has 1 saturated heterocycles. The van der Waals surface area contributed by atoms with Gasteiger partial charge in [-0.15, -0.1) is 11.8 Å². The summed E-state index contributed by atoms with van der Waals surface area (Å²) in [7, 11) is 0. The van der Waals surface area contributed by atoms with Gasteiger partial charge in [0.05, 0.1) is 16.5 Å². The molecule has 0 aromatic heterocycles. The van der Waals surface area contributed by atoms with Crippen molar-refractivity contribution in [2.75, 3.05) is 5.75 Å². The quantitative estimate of drug-likeness (QED) is 0.589. The van der Waals surface area contributed by atoms with E-state index in [0.717, 1.165) is 5.56 Å². The summed E-state index contributed by atoms with van der Waals surface area (Å²) >= 11 is 14.9. The van der Waals surface area contributed by atoms with Crippen LogP contribution in [0.4, 0.5) is 0 Å². The van der Waals surface area contributed by atoms with Crippen molar-refractivity contribution < 1.29 is 19.5 Å². The first-order chi connectivity index (χ1) is 14.9. The number of carboxylic acid groups (broad SMARTS) is 1. The molecule has 1 fully saturated rings. The topological polar surface area (TPSA) is 86.7 Å². The van der Waals surface area contributed by atoms with Gasteiger partial charge in [0, 0.05) is 15.6 Å². The lowest BCUT2D eigenvalue weighted by atomic mass is 10.0. The lowest BCUT2D eigenvalue weighted by molar-refractivity contribution is -0.150. The Bertz CT molecular complexity index is 1090. The van der Waals surface area contributed by atoms with E-state index in [9.17, 15) is 19.5 Å². The van der Waals surface area contributed by atoms with E-state index in [4.69, 9.17) is 23.2 Å². The Morgan fingerprint density at radius 3 is 2.61 bits per heavy atom. The maximum absolute atomic E-state index is 12.8. The fourth-order valence-corrected chi connectivity index (χ4v) is 6.37. The maximum atomic E-state index is 12.8. The summed E-state index contributed by atoms with van der Waals surface area (Å²) < 4.78 is 0. The zero-order valence-electron chi connectivity index (χ0n) is 15.9. The van der Waals surface area contributed by atoms with Crippen molar-refractivity contribution in [3.63, 3.8) is 0 Å². The molecule has 2 aliphatic rings. The molecule has 0 saturated carbocycles. The van der Waals surface area contributed by atoms with Crippen molar-refractivity contribution >= 4 is 64.5 Å². The smallest absolute Gasteiger partial charge is 0.353 e. The van der Waals surface area contributed by atoms with Crippen molar-refractivity contribution in [1.29, 1.82) is 0 Å². The van der Waals surface area contributed by atoms with Gasteiger partial charge in [-0.2, -0.15) is 0 Å². The number of β-lactam (4-membered cyclic amide) rings is 1. The Morgan fingerprint density at radius 2 is 1.90 bits per heavy atom. The average Bonchev–Trinajstić information content (AvgIpc) is 2.75. The number of nitrogens with zero attached hydrogens (tertiary/aromatic N) is 1. The molecule has 2 atom stereocenters. The summed E-state index contributed by atoms with van der Waals surface area (Å²) in [5, 5.41) is 12.8. The highest BCUT2D eigenvalue weighted by atomic mass is 35.5. The molecule has 31 heavy (non-hydrogen) atoms. The first kappa shape index (κ1) is 22.1. The highest BCUT2D eigenvalue weighted by molar-refractivity contribution is 8.06. The van der Waals surface area contributed by atoms with E-state index >= 15 is 0 Å². The van der Waals surface area contributed by atoms with Crippen molar-refractivity contribution in [3.8, 4) is 0 Å². The van der Waals surface area contributed by atoms with Gasteiger partial charge in [0.1, 0.15) is 17.1 Å². The van der Waals surface area contributed by atoms with Crippen LogP contribution < -0.4 is 5.32 Å². The minimum absolute atomic E-state index is 0.0802. The maximum Gasteiger partial charge on any atom is 0.353 e. The number of rotatable bonds is 6. The van der Waals surface area contributed by atoms with Crippen LogP contribution in [0, 0.1) is 0 Å². The molecule has 6 nitrogen and oxygen atoms in total. The second kappa shape index (κ2) is 9.16. The first-order valence-electron chi connectivity index (χ1n) is 9.23. The van der Waals surface area contributed by atoms with Crippen molar-refractivity contribution in [3.05, 3.63) is 74.7 Å². The number of carbonyl (C=O) groups is 3. The zero-order chi connectivity index (χ0) is 22.1. The van der Waals surface area contributed by atoms with Crippen molar-refractivity contribution in [2.45, 2.75) is 22.7 Å². The van der Waals surface area contributed by atoms with E-state index in [1.54, 1.807) is 18.2 Å². The predicted molar refractivity (Wildman–Crippen MR) is 122 cm³/mol. The van der Waals surface area contributed by atoms with Gasteiger partial charge in [-0.3, -0.25) is 14.5 Å². The molecule has 0 aliphatic carbocycles. The van der Waals surface area contributed by atoms with E-state index in [1.807, 2.05) is 30.3 Å². The Morgan fingerprint density at radius 1 is 1.16 bits per heavy atom. The summed E-state index contributed by atoms with van der Waals surface area (Å²) in [4.78, 5) is 39.5. The van der Waals surface area contributed by atoms with Crippen LogP contribution in [-0.4, -0.2) is 45.0 Å². The number of hydrogen-bond acceptors (Lipinski definition) is 5. The molecular formula is C21H16Cl2N2O4S2. The second-order valence-electron chi connectivity index (χ2n) is 6.85. The fourth-order valence-electron chi connectivity index (χ4n) is 3.37. The first-order valence-corrected chi connectivity index (χ1v) is 11.8. The highest BCUT2D eigenvalue weighted by Crippen LogP contribution is 2.46. The van der Waals surface area contributed by atoms with Crippen LogP contribution in [0.2, 0.25) is 10.0 Å². The largest absolute Gasteiger partial charge is 0.477 e. The van der Waals surface area contributed by atoms with E-state index < -0.39 is 23.3 Å². The monoisotopic (exact) mass is 494 g/mol. The molecule has 0 bridgehead atoms. The zero-order valence-corrected chi connectivity index (χ0v) is 19.0. The van der Waals surface area contributed by atoms with Gasteiger partial charge in [-0.05, 0) is 17.7 Å². The lowest BCUT2D eigenvalue weighted by Gasteiger charge is -2.49. The molecule has 160 valence electrons. The summed E-state index contributed by atoms with van der Waals surface area (Å²) in [5.41, 5.74) is 0.756. The Labute approximate surface area is 197 Å². The summed E-state index contributed by atoms with van der Waals surface area (Å²) in [5.74, 6) is -1.55. The van der Waals surface area contributed by atoms with Crippen molar-refractivity contribution in [1.82, 2.24) is 10.2 Å². The summed E-state index contributed by atoms with van der Waals surface area (Å²) in [6, 6.07) is 13.6. The summed E-state index contributed by atoms with van der Waals surface area (Å²) in [6.07, 6.45) is 0.151. The van der Waals surface area contributed by atoms with Crippen LogP contribution in [0.25, 0.3) is 0 Å². The van der Waals surface area contributed by atoms with Gasteiger partial charge >= 0.3 is 5.97 Å². The van der Waals surface area contributed by atoms with Gasteiger partial charge < -0.3 is 10.4 Å². The predicted octanol–water partition coefficient (Wildman–Crippen LogP) is 4.02. The minimum Gasteiger partial charge on any atom is -0.477 e. The van der Waals surface area contributed by atoms with Gasteiger partial charge in [0.25, 0.3) is 5.91 Å². The Balaban J connectivity index is 1.51. The van der Waals surface area contributed by atoms with Gasteiger partial charge in [0.2, 0.25) is 5.91 Å². The number of benzene rings is 2. The number of amides is 2. The number of thioether (sulfide) groups is 2. The molecule has 4 rings (SSSR count). The standard InChI is InChI=1S/C21H16Cl2N2O4S2/c22-12-7-4-8-13(16(12)23)31-14-10-30-20-17(19(27)25(20)18(14)21(28)29)24-15(26)9-11-5-2-1-3-6-11/h1-8,17,20H,9-10H2,(H,24,26)(H,28,29)/t17-,20+/m1/s1. The third-order valence-electron chi connectivity index (χ3n) is 4.81. The number of fused-ring (bicyclic) bond motifs is 1. The van der Waals surface area contributed by atoms with Crippen LogP contribution in [0.15, 0.2) is 64.0 Å². The molecule has 2 heterocycles. The molecule has 2 amide bonds. The van der Waals surface area contributed by atoms with Crippen LogP contribution in [0.3, 0.4) is 0 Å². The van der Waals surface area contributed by atoms with Crippen LogP contribution in [0.5, 0.6) is 0 Å². The van der Waals surface area contributed by atoms with Crippen molar-refractivity contribution in [2.24, 2.45) is 0 Å². The van der Waals surface area contributed by atoms with Gasteiger partial charge in [0.15, 0.2) is 0 Å². The molecule has 10 heteroatoms. The van der Waals surface area contributed by atoms with E-state index in [0.29, 0.717) is 25.6 Å². The summed E-state index contributed by atoms with van der Waals surface area (Å²) in [6.45, 7) is 0. The van der Waals surface area contributed by atoms with E-state index in [2.05, 4.69) is 5.32 Å². The average molecular weight is 495 g/mol. The SMILES string of the molecule is O=C(Cc1ccccc1)N[C@@H]1C(=O)N2C(C(=O)O)=C(Sc3cccc(Cl)c3Cl)CS[C@@H]12. The number of nitrogens with one attached hydrogen (secondary N) is 1. The van der Waals surface area contributed by atoms with Gasteiger partial charge in [-0.25, -0.2) is 4.79 Å². The molecule has 2 N–H and O–H groups in total. The highest BCUT2D eigenvalue weighted by Gasteiger charge is 2.54. The molecule has 0 unspecified atom stereocenters. The molecule has 0 radical (unpaired) electrons. The Hall–Kier alpha value is -2.13. The number of aliphatic carboxylic acids is 1. The molecular weight excluding hydrogens is 479 g/mol. The van der Waals surface area contributed by atoms with Crippen LogP contribution >= 0.6 is 46.7 Å². The molecule has 2 aromatic carbocycles. The van der Waals surface area contributed by atoms with Crippen LogP contribution in [0.1, 0.15) is 5.56 Å². The minimum atomic E-state index is -1.20. The third kappa shape index (κ3) is 4.43. The number of halogens is 2. The molecule has 0 spiro atoms. The normalized spacial score (nSPS) is 20.2. The van der Waals surface area contributed by atoms with Gasteiger partial charge in [-0.1, -0.05) is 71.4 Å². The Kier molecular flexibility index (Phi) is 6.52. The fraction of sp³-hybridized carbons (Fsp3) is 0.190. The van der Waals surface area contributed by atoms with E-state index in [1.165, 1.54) is 28.4 Å². The molecule has 2 aromatic rings. The third-order valence-corrected chi connectivity index (χ3v) is 8.35. The van der Waals surface area contributed by atoms with E-state index in [-0.39, 0.29) is 18.0 Å². The lowest BCUT2D eigenvalue weighted by Crippen LogP contribution is -2.70. The number of hydrogen-bond donors (Lipinski definition) is 2. The second-order valence-corrected chi connectivity index (χ2v) is 9.88. The number of carbonyl (C=O) groups excluding carboxylic acids is 2. The number of carboxylic acids is 1. The van der Waals surface area contributed by atoms with Crippen LogP contribution in [-0.2, 0) is 20.8 Å².